The number of rotatable bonds is 6. The fourth-order valence-corrected chi connectivity index (χ4v) is 5.39. The second-order valence-electron chi connectivity index (χ2n) is 8.74. The van der Waals surface area contributed by atoms with Gasteiger partial charge in [-0.3, -0.25) is 23.4 Å². The Morgan fingerprint density at radius 3 is 2.44 bits per heavy atom. The topological polar surface area (TPSA) is 110 Å². The van der Waals surface area contributed by atoms with Crippen LogP contribution >= 0.6 is 0 Å². The van der Waals surface area contributed by atoms with Crippen LogP contribution in [0.1, 0.15) is 30.4 Å². The van der Waals surface area contributed by atoms with Crippen LogP contribution in [0.2, 0.25) is 0 Å². The Morgan fingerprint density at radius 1 is 1.03 bits per heavy atom. The van der Waals surface area contributed by atoms with E-state index in [4.69, 9.17) is 0 Å². The van der Waals surface area contributed by atoms with Crippen molar-refractivity contribution in [3.63, 3.8) is 0 Å². The number of aryl methyl sites for hydroxylation is 3. The average Bonchev–Trinajstić information content (AvgIpc) is 3.34. The van der Waals surface area contributed by atoms with Crippen molar-refractivity contribution in [3.05, 3.63) is 68.4 Å². The van der Waals surface area contributed by atoms with E-state index in [1.807, 2.05) is 19.1 Å². The summed E-state index contributed by atoms with van der Waals surface area (Å²) in [5.74, 6) is -0.0967. The van der Waals surface area contributed by atoms with Crippen molar-refractivity contribution in [1.82, 2.24) is 14.0 Å². The zero-order valence-corrected chi connectivity index (χ0v) is 20.3. The summed E-state index contributed by atoms with van der Waals surface area (Å²) in [7, 11) is -2.46. The number of carbonyl (C=O) groups is 1. The smallest absolute Gasteiger partial charge is 0.331 e. The monoisotopic (exact) mass is 484 g/mol. The van der Waals surface area contributed by atoms with Crippen molar-refractivity contribution in [2.75, 3.05) is 17.8 Å². The number of sulfonamides is 1. The Balaban J connectivity index is 1.71. The summed E-state index contributed by atoms with van der Waals surface area (Å²) in [6.45, 7) is 4.99. The Hall–Kier alpha value is -3.40. The fourth-order valence-electron chi connectivity index (χ4n) is 4.24. The SMILES string of the molecule is Cc1ccc(C)c(NS(=O)(=O)c2ccc3c(c2)c(=O)n(CCC(=O)N2CCCC2)c(=O)n3C)c1. The lowest BCUT2D eigenvalue weighted by atomic mass is 10.1. The molecule has 1 N–H and O–H groups in total. The van der Waals surface area contributed by atoms with Gasteiger partial charge in [0.1, 0.15) is 0 Å². The molecule has 1 amide bonds. The highest BCUT2D eigenvalue weighted by Crippen LogP contribution is 2.22. The summed E-state index contributed by atoms with van der Waals surface area (Å²) >= 11 is 0. The minimum absolute atomic E-state index is 0.0346. The first-order chi connectivity index (χ1) is 16.1. The highest BCUT2D eigenvalue weighted by Gasteiger charge is 2.21. The zero-order chi connectivity index (χ0) is 24.6. The minimum atomic E-state index is -3.98. The lowest BCUT2D eigenvalue weighted by Crippen LogP contribution is -2.40. The van der Waals surface area contributed by atoms with E-state index in [-0.39, 0.29) is 29.2 Å². The van der Waals surface area contributed by atoms with Gasteiger partial charge in [-0.1, -0.05) is 12.1 Å². The predicted molar refractivity (Wildman–Crippen MR) is 131 cm³/mol. The second-order valence-corrected chi connectivity index (χ2v) is 10.4. The maximum Gasteiger partial charge on any atom is 0.331 e. The number of anilines is 1. The fraction of sp³-hybridized carbons (Fsp3) is 0.375. The van der Waals surface area contributed by atoms with Crippen LogP contribution in [0.5, 0.6) is 0 Å². The van der Waals surface area contributed by atoms with E-state index in [0.29, 0.717) is 24.3 Å². The van der Waals surface area contributed by atoms with Crippen LogP contribution in [0.3, 0.4) is 0 Å². The predicted octanol–water partition coefficient (Wildman–Crippen LogP) is 2.13. The van der Waals surface area contributed by atoms with Gasteiger partial charge in [-0.25, -0.2) is 13.2 Å². The van der Waals surface area contributed by atoms with Crippen molar-refractivity contribution in [2.45, 2.75) is 44.6 Å². The summed E-state index contributed by atoms with van der Waals surface area (Å²) in [6.07, 6.45) is 1.94. The minimum Gasteiger partial charge on any atom is -0.343 e. The first-order valence-electron chi connectivity index (χ1n) is 11.2. The van der Waals surface area contributed by atoms with Crippen LogP contribution in [0, 0.1) is 13.8 Å². The quantitative estimate of drug-likeness (QED) is 0.576. The summed E-state index contributed by atoms with van der Waals surface area (Å²) in [5.41, 5.74) is 1.29. The summed E-state index contributed by atoms with van der Waals surface area (Å²) in [5, 5.41) is 0.0968. The van der Waals surface area contributed by atoms with Crippen LogP contribution in [0.4, 0.5) is 5.69 Å². The standard InChI is InChI=1S/C24H28N4O5S/c1-16-6-7-17(2)20(14-16)25-34(32,33)18-8-9-21-19(15-18)23(30)28(24(31)26(21)3)13-10-22(29)27-11-4-5-12-27/h6-9,14-15,25H,4-5,10-13H2,1-3H3. The number of amides is 1. The van der Waals surface area contributed by atoms with Gasteiger partial charge < -0.3 is 4.90 Å². The molecule has 0 radical (unpaired) electrons. The maximum absolute atomic E-state index is 13.2. The third kappa shape index (κ3) is 4.50. The molecule has 10 heteroatoms. The number of fused-ring (bicyclic) bond motifs is 1. The zero-order valence-electron chi connectivity index (χ0n) is 19.5. The van der Waals surface area contributed by atoms with E-state index in [1.54, 1.807) is 17.9 Å². The molecule has 1 aromatic heterocycles. The molecular formula is C24H28N4O5S. The highest BCUT2D eigenvalue weighted by atomic mass is 32.2. The van der Waals surface area contributed by atoms with Crippen LogP contribution < -0.4 is 16.0 Å². The molecule has 0 bridgehead atoms. The van der Waals surface area contributed by atoms with Gasteiger partial charge in [0.05, 0.1) is 21.5 Å². The Bertz CT molecular complexity index is 1500. The number of benzene rings is 2. The molecule has 1 saturated heterocycles. The Labute approximate surface area is 197 Å². The number of carbonyl (C=O) groups excluding carboxylic acids is 1. The molecule has 0 atom stereocenters. The van der Waals surface area contributed by atoms with Gasteiger partial charge >= 0.3 is 5.69 Å². The number of hydrogen-bond donors (Lipinski definition) is 1. The molecule has 3 aromatic rings. The van der Waals surface area contributed by atoms with Gasteiger partial charge in [0, 0.05) is 33.1 Å². The molecule has 180 valence electrons. The molecule has 0 aliphatic carbocycles. The number of nitrogens with zero attached hydrogens (tertiary/aromatic N) is 3. The molecule has 0 unspecified atom stereocenters. The first-order valence-corrected chi connectivity index (χ1v) is 12.7. The lowest BCUT2D eigenvalue weighted by molar-refractivity contribution is -0.130. The van der Waals surface area contributed by atoms with E-state index >= 15 is 0 Å². The number of nitrogens with one attached hydrogen (secondary N) is 1. The Kier molecular flexibility index (Phi) is 6.35. The molecule has 2 heterocycles. The van der Waals surface area contributed by atoms with Gasteiger partial charge in [-0.05, 0) is 62.1 Å². The largest absolute Gasteiger partial charge is 0.343 e. The van der Waals surface area contributed by atoms with Crippen molar-refractivity contribution < 1.29 is 13.2 Å². The number of likely N-dealkylation sites (tertiary alicyclic amines) is 1. The molecular weight excluding hydrogens is 456 g/mol. The van der Waals surface area contributed by atoms with Crippen LogP contribution in [-0.2, 0) is 28.4 Å². The van der Waals surface area contributed by atoms with Gasteiger partial charge in [0.2, 0.25) is 5.91 Å². The van der Waals surface area contributed by atoms with E-state index in [2.05, 4.69) is 4.72 Å². The Morgan fingerprint density at radius 2 is 1.74 bits per heavy atom. The summed E-state index contributed by atoms with van der Waals surface area (Å²) in [6, 6.07) is 9.56. The van der Waals surface area contributed by atoms with Gasteiger partial charge in [-0.15, -0.1) is 0 Å². The van der Waals surface area contributed by atoms with Crippen LogP contribution in [-0.4, -0.2) is 41.4 Å². The van der Waals surface area contributed by atoms with E-state index in [9.17, 15) is 22.8 Å². The normalized spacial score (nSPS) is 14.0. The maximum atomic E-state index is 13.2. The molecule has 34 heavy (non-hydrogen) atoms. The molecule has 1 fully saturated rings. The van der Waals surface area contributed by atoms with E-state index in [1.165, 1.54) is 29.8 Å². The van der Waals surface area contributed by atoms with E-state index < -0.39 is 21.3 Å². The molecule has 9 nitrogen and oxygen atoms in total. The third-order valence-corrected chi connectivity index (χ3v) is 7.64. The third-order valence-electron chi connectivity index (χ3n) is 6.28. The van der Waals surface area contributed by atoms with Crippen molar-refractivity contribution in [2.24, 2.45) is 7.05 Å². The van der Waals surface area contributed by atoms with Gasteiger partial charge in [0.25, 0.3) is 15.6 Å². The van der Waals surface area contributed by atoms with Gasteiger partial charge in [-0.2, -0.15) is 0 Å². The molecule has 0 saturated carbocycles. The average molecular weight is 485 g/mol. The first kappa shape index (κ1) is 23.7. The molecule has 4 rings (SSSR count). The van der Waals surface area contributed by atoms with E-state index in [0.717, 1.165) is 28.5 Å². The summed E-state index contributed by atoms with van der Waals surface area (Å²) in [4.78, 5) is 40.0. The molecule has 0 spiro atoms. The van der Waals surface area contributed by atoms with Crippen molar-refractivity contribution >= 4 is 32.5 Å². The molecule has 1 aliphatic heterocycles. The summed E-state index contributed by atoms with van der Waals surface area (Å²) < 4.78 is 31.0. The van der Waals surface area contributed by atoms with Crippen molar-refractivity contribution in [3.8, 4) is 0 Å². The second kappa shape index (κ2) is 9.09. The lowest BCUT2D eigenvalue weighted by Gasteiger charge is -2.16. The number of hydrogen-bond acceptors (Lipinski definition) is 5. The molecule has 1 aliphatic rings. The number of aromatic nitrogens is 2. The van der Waals surface area contributed by atoms with Crippen LogP contribution in [0.15, 0.2) is 50.9 Å². The molecule has 2 aromatic carbocycles. The van der Waals surface area contributed by atoms with Crippen LogP contribution in [0.25, 0.3) is 10.9 Å². The highest BCUT2D eigenvalue weighted by molar-refractivity contribution is 7.92. The van der Waals surface area contributed by atoms with Gasteiger partial charge in [0.15, 0.2) is 0 Å². The van der Waals surface area contributed by atoms with Crippen molar-refractivity contribution in [1.29, 1.82) is 0 Å².